The molecule has 0 aliphatic carbocycles. The zero-order chi connectivity index (χ0) is 14.8. The van der Waals surface area contributed by atoms with Gasteiger partial charge in [0.2, 0.25) is 5.56 Å². The summed E-state index contributed by atoms with van der Waals surface area (Å²) in [4.78, 5) is 14.0. The summed E-state index contributed by atoms with van der Waals surface area (Å²) in [6, 6.07) is 8.60. The highest BCUT2D eigenvalue weighted by Crippen LogP contribution is 2.22. The Balaban J connectivity index is 2.26. The minimum absolute atomic E-state index is 0.0113. The third kappa shape index (κ3) is 3.25. The van der Waals surface area contributed by atoms with Crippen LogP contribution in [-0.2, 0) is 0 Å². The van der Waals surface area contributed by atoms with Gasteiger partial charge in [0.15, 0.2) is 0 Å². The molecule has 0 bridgehead atoms. The van der Waals surface area contributed by atoms with Crippen molar-refractivity contribution in [3.05, 3.63) is 46.2 Å². The molecule has 5 heteroatoms. The number of aliphatic hydroxyl groups is 2. The fraction of sp³-hybridized carbons (Fsp3) is 0.400. The van der Waals surface area contributed by atoms with Crippen molar-refractivity contribution >= 4 is 10.9 Å². The standard InChI is InChI=1S/C15H20N2O3/c1-15(2,9-18)16-8-13(19)11-4-3-5-12-10(11)6-7-14(20)17-12/h3-7,13,16,18-19H,8-9H2,1-2H3,(H,17,20)/t13-/m0/s1. The van der Waals surface area contributed by atoms with Crippen LogP contribution in [0.5, 0.6) is 0 Å². The smallest absolute Gasteiger partial charge is 0.248 e. The number of pyridine rings is 1. The molecule has 0 amide bonds. The van der Waals surface area contributed by atoms with E-state index in [1.54, 1.807) is 18.2 Å². The second-order valence-electron chi connectivity index (χ2n) is 5.57. The Morgan fingerprint density at radius 3 is 2.75 bits per heavy atom. The highest BCUT2D eigenvalue weighted by molar-refractivity contribution is 5.82. The number of benzene rings is 1. The molecule has 1 aromatic carbocycles. The van der Waals surface area contributed by atoms with E-state index in [0.29, 0.717) is 12.1 Å². The molecular formula is C15H20N2O3. The van der Waals surface area contributed by atoms with Gasteiger partial charge in [-0.2, -0.15) is 0 Å². The van der Waals surface area contributed by atoms with Crippen LogP contribution in [-0.4, -0.2) is 33.9 Å². The number of β-amino-alcohol motifs (C(OH)–C–C–N with tert-alkyl or cyclic N) is 1. The van der Waals surface area contributed by atoms with Gasteiger partial charge in [0.05, 0.1) is 12.7 Å². The van der Waals surface area contributed by atoms with Crippen molar-refractivity contribution in [3.8, 4) is 0 Å². The highest BCUT2D eigenvalue weighted by Gasteiger charge is 2.18. The molecule has 0 saturated carbocycles. The molecule has 108 valence electrons. The monoisotopic (exact) mass is 276 g/mol. The Kier molecular flexibility index (Phi) is 4.23. The molecule has 20 heavy (non-hydrogen) atoms. The lowest BCUT2D eigenvalue weighted by Crippen LogP contribution is -2.44. The molecule has 0 spiro atoms. The van der Waals surface area contributed by atoms with Gasteiger partial charge in [0.25, 0.3) is 0 Å². The molecule has 0 radical (unpaired) electrons. The SMILES string of the molecule is CC(C)(CO)NC[C@H](O)c1cccc2[nH]c(=O)ccc12. The van der Waals surface area contributed by atoms with E-state index in [0.717, 1.165) is 10.9 Å². The average Bonchev–Trinajstić information content (AvgIpc) is 2.44. The zero-order valence-electron chi connectivity index (χ0n) is 11.7. The topological polar surface area (TPSA) is 85.3 Å². The molecule has 1 aromatic heterocycles. The van der Waals surface area contributed by atoms with Crippen molar-refractivity contribution in [2.24, 2.45) is 0 Å². The fourth-order valence-electron chi connectivity index (χ4n) is 2.04. The van der Waals surface area contributed by atoms with E-state index in [1.165, 1.54) is 6.07 Å². The third-order valence-corrected chi connectivity index (χ3v) is 3.33. The van der Waals surface area contributed by atoms with Gasteiger partial charge < -0.3 is 20.5 Å². The van der Waals surface area contributed by atoms with Crippen molar-refractivity contribution in [3.63, 3.8) is 0 Å². The van der Waals surface area contributed by atoms with Gasteiger partial charge in [-0.3, -0.25) is 4.79 Å². The van der Waals surface area contributed by atoms with E-state index in [1.807, 2.05) is 19.9 Å². The van der Waals surface area contributed by atoms with Gasteiger partial charge in [-0.05, 0) is 31.5 Å². The molecule has 0 aliphatic heterocycles. The Morgan fingerprint density at radius 2 is 2.05 bits per heavy atom. The highest BCUT2D eigenvalue weighted by atomic mass is 16.3. The molecule has 4 N–H and O–H groups in total. The minimum Gasteiger partial charge on any atom is -0.394 e. The molecule has 1 atom stereocenters. The molecule has 5 nitrogen and oxygen atoms in total. The number of H-pyrrole nitrogens is 1. The Labute approximate surface area is 117 Å². The van der Waals surface area contributed by atoms with Crippen LogP contribution in [0.2, 0.25) is 0 Å². The number of hydrogen-bond donors (Lipinski definition) is 4. The van der Waals surface area contributed by atoms with Gasteiger partial charge in [-0.25, -0.2) is 0 Å². The Morgan fingerprint density at radius 1 is 1.30 bits per heavy atom. The van der Waals surface area contributed by atoms with Crippen molar-refractivity contribution in [2.45, 2.75) is 25.5 Å². The quantitative estimate of drug-likeness (QED) is 0.654. The van der Waals surface area contributed by atoms with Crippen LogP contribution < -0.4 is 10.9 Å². The van der Waals surface area contributed by atoms with E-state index < -0.39 is 11.6 Å². The lowest BCUT2D eigenvalue weighted by atomic mass is 10.0. The molecule has 0 saturated heterocycles. The summed E-state index contributed by atoms with van der Waals surface area (Å²) in [5.74, 6) is 0. The van der Waals surface area contributed by atoms with E-state index in [2.05, 4.69) is 10.3 Å². The van der Waals surface area contributed by atoms with Crippen LogP contribution in [0.15, 0.2) is 35.1 Å². The number of aliphatic hydroxyl groups excluding tert-OH is 2. The summed E-state index contributed by atoms with van der Waals surface area (Å²) < 4.78 is 0. The van der Waals surface area contributed by atoms with Crippen LogP contribution in [0.4, 0.5) is 0 Å². The molecular weight excluding hydrogens is 256 g/mol. The number of fused-ring (bicyclic) bond motifs is 1. The van der Waals surface area contributed by atoms with Gasteiger partial charge >= 0.3 is 0 Å². The predicted molar refractivity (Wildman–Crippen MR) is 78.7 cm³/mol. The predicted octanol–water partition coefficient (Wildman–Crippen LogP) is 0.922. The largest absolute Gasteiger partial charge is 0.394 e. The lowest BCUT2D eigenvalue weighted by molar-refractivity contribution is 0.137. The first-order valence-electron chi connectivity index (χ1n) is 6.59. The number of nitrogens with one attached hydrogen (secondary N) is 2. The summed E-state index contributed by atoms with van der Waals surface area (Å²) >= 11 is 0. The number of hydrogen-bond acceptors (Lipinski definition) is 4. The summed E-state index contributed by atoms with van der Waals surface area (Å²) in [5.41, 5.74) is 0.846. The molecule has 2 aromatic rings. The maximum atomic E-state index is 11.3. The zero-order valence-corrected chi connectivity index (χ0v) is 11.7. The van der Waals surface area contributed by atoms with Gasteiger partial charge in [0, 0.05) is 29.1 Å². The minimum atomic E-state index is -0.713. The second-order valence-corrected chi connectivity index (χ2v) is 5.57. The van der Waals surface area contributed by atoms with Crippen LogP contribution in [0, 0.1) is 0 Å². The lowest BCUT2D eigenvalue weighted by Gasteiger charge is -2.25. The Bertz CT molecular complexity index is 649. The van der Waals surface area contributed by atoms with E-state index in [4.69, 9.17) is 0 Å². The summed E-state index contributed by atoms with van der Waals surface area (Å²) in [7, 11) is 0. The number of rotatable bonds is 5. The first kappa shape index (κ1) is 14.7. The fourth-order valence-corrected chi connectivity index (χ4v) is 2.04. The average molecular weight is 276 g/mol. The van der Waals surface area contributed by atoms with E-state index in [9.17, 15) is 15.0 Å². The van der Waals surface area contributed by atoms with Crippen molar-refractivity contribution in [2.75, 3.05) is 13.2 Å². The Hall–Kier alpha value is -1.69. The number of aromatic amines is 1. The number of aromatic nitrogens is 1. The van der Waals surface area contributed by atoms with Crippen LogP contribution in [0.3, 0.4) is 0 Å². The van der Waals surface area contributed by atoms with Crippen LogP contribution >= 0.6 is 0 Å². The van der Waals surface area contributed by atoms with Gasteiger partial charge in [-0.1, -0.05) is 12.1 Å². The summed E-state index contributed by atoms with van der Waals surface area (Å²) in [6.07, 6.45) is -0.713. The first-order chi connectivity index (χ1) is 9.43. The molecule has 1 heterocycles. The molecule has 0 unspecified atom stereocenters. The van der Waals surface area contributed by atoms with Gasteiger partial charge in [-0.15, -0.1) is 0 Å². The molecule has 0 fully saturated rings. The van der Waals surface area contributed by atoms with Crippen molar-refractivity contribution in [1.82, 2.24) is 10.3 Å². The van der Waals surface area contributed by atoms with Crippen LogP contribution in [0.25, 0.3) is 10.9 Å². The van der Waals surface area contributed by atoms with Crippen LogP contribution in [0.1, 0.15) is 25.5 Å². The molecule has 0 aliphatic rings. The van der Waals surface area contributed by atoms with E-state index >= 15 is 0 Å². The maximum Gasteiger partial charge on any atom is 0.248 e. The van der Waals surface area contributed by atoms with Gasteiger partial charge in [0.1, 0.15) is 0 Å². The summed E-state index contributed by atoms with van der Waals surface area (Å²) in [6.45, 7) is 4.04. The first-order valence-corrected chi connectivity index (χ1v) is 6.59. The van der Waals surface area contributed by atoms with E-state index in [-0.39, 0.29) is 12.2 Å². The normalized spacial score (nSPS) is 13.6. The third-order valence-electron chi connectivity index (χ3n) is 3.33. The second kappa shape index (κ2) is 5.75. The summed E-state index contributed by atoms with van der Waals surface area (Å²) in [5, 5.41) is 23.4. The van der Waals surface area contributed by atoms with Crippen molar-refractivity contribution in [1.29, 1.82) is 0 Å². The molecule has 2 rings (SSSR count). The maximum absolute atomic E-state index is 11.3. The van der Waals surface area contributed by atoms with Crippen molar-refractivity contribution < 1.29 is 10.2 Å².